The molecule has 0 aliphatic carbocycles. The lowest BCUT2D eigenvalue weighted by Gasteiger charge is -2.14. The van der Waals surface area contributed by atoms with Crippen molar-refractivity contribution in [3.05, 3.63) is 69.2 Å². The molecule has 0 bridgehead atoms. The van der Waals surface area contributed by atoms with Gasteiger partial charge in [0.25, 0.3) is 0 Å². The monoisotopic (exact) mass is 348 g/mol. The van der Waals surface area contributed by atoms with Crippen molar-refractivity contribution in [2.75, 3.05) is 0 Å². The molecule has 2 aromatic rings. The molecule has 0 aromatic heterocycles. The molecule has 0 amide bonds. The first kappa shape index (κ1) is 15.0. The molecular formula is C14H9BrF4O. The SMILES string of the molecule is OC(Cc1cccc(F)c1F)c1c(F)cc(Br)cc1F. The summed E-state index contributed by atoms with van der Waals surface area (Å²) in [5.41, 5.74) is -0.726. The van der Waals surface area contributed by atoms with Gasteiger partial charge in [0, 0.05) is 10.9 Å². The minimum absolute atomic E-state index is 0.154. The van der Waals surface area contributed by atoms with Gasteiger partial charge in [-0.1, -0.05) is 28.1 Å². The second kappa shape index (κ2) is 5.93. The van der Waals surface area contributed by atoms with Crippen molar-refractivity contribution in [2.24, 2.45) is 0 Å². The average molecular weight is 349 g/mol. The summed E-state index contributed by atoms with van der Waals surface area (Å²) in [5, 5.41) is 9.86. The molecule has 0 aliphatic rings. The van der Waals surface area contributed by atoms with E-state index in [1.54, 1.807) is 0 Å². The number of aliphatic hydroxyl groups is 1. The van der Waals surface area contributed by atoms with Crippen molar-refractivity contribution in [1.29, 1.82) is 0 Å². The second-order valence-corrected chi connectivity index (χ2v) is 5.13. The first-order chi connectivity index (χ1) is 9.40. The van der Waals surface area contributed by atoms with E-state index < -0.39 is 41.4 Å². The topological polar surface area (TPSA) is 20.2 Å². The third kappa shape index (κ3) is 3.02. The quantitative estimate of drug-likeness (QED) is 0.820. The van der Waals surface area contributed by atoms with E-state index in [9.17, 15) is 22.7 Å². The minimum Gasteiger partial charge on any atom is -0.388 e. The molecule has 20 heavy (non-hydrogen) atoms. The normalized spacial score (nSPS) is 12.5. The molecule has 0 saturated heterocycles. The molecule has 1 nitrogen and oxygen atoms in total. The first-order valence-corrected chi connectivity index (χ1v) is 6.45. The van der Waals surface area contributed by atoms with Crippen LogP contribution in [0.1, 0.15) is 17.2 Å². The predicted octanol–water partition coefficient (Wildman–Crippen LogP) is 4.28. The Bertz CT molecular complexity index is 622. The fraction of sp³-hybridized carbons (Fsp3) is 0.143. The molecule has 1 atom stereocenters. The Labute approximate surface area is 121 Å². The maximum absolute atomic E-state index is 13.6. The summed E-state index contributed by atoms with van der Waals surface area (Å²) in [7, 11) is 0. The van der Waals surface area contributed by atoms with E-state index in [1.807, 2.05) is 0 Å². The number of hydrogen-bond acceptors (Lipinski definition) is 1. The van der Waals surface area contributed by atoms with Gasteiger partial charge in [-0.3, -0.25) is 0 Å². The van der Waals surface area contributed by atoms with Crippen LogP contribution in [0.5, 0.6) is 0 Å². The van der Waals surface area contributed by atoms with E-state index in [0.29, 0.717) is 0 Å². The highest BCUT2D eigenvalue weighted by Gasteiger charge is 2.21. The highest BCUT2D eigenvalue weighted by molar-refractivity contribution is 9.10. The van der Waals surface area contributed by atoms with Gasteiger partial charge in [-0.05, 0) is 23.8 Å². The maximum Gasteiger partial charge on any atom is 0.162 e. The molecule has 0 aliphatic heterocycles. The molecule has 6 heteroatoms. The van der Waals surface area contributed by atoms with Crippen LogP contribution in [0.2, 0.25) is 0 Å². The molecule has 106 valence electrons. The number of benzene rings is 2. The van der Waals surface area contributed by atoms with Gasteiger partial charge in [0.15, 0.2) is 11.6 Å². The van der Waals surface area contributed by atoms with Gasteiger partial charge in [-0.25, -0.2) is 17.6 Å². The van der Waals surface area contributed by atoms with Crippen molar-refractivity contribution in [1.82, 2.24) is 0 Å². The summed E-state index contributed by atoms with van der Waals surface area (Å²) in [6.45, 7) is 0. The van der Waals surface area contributed by atoms with E-state index in [2.05, 4.69) is 15.9 Å². The molecular weight excluding hydrogens is 340 g/mol. The van der Waals surface area contributed by atoms with E-state index in [-0.39, 0.29) is 10.0 Å². The maximum atomic E-state index is 13.6. The minimum atomic E-state index is -1.61. The molecule has 0 radical (unpaired) electrons. The van der Waals surface area contributed by atoms with Crippen LogP contribution < -0.4 is 0 Å². The van der Waals surface area contributed by atoms with E-state index in [4.69, 9.17) is 0 Å². The standard InChI is InChI=1S/C14H9BrF4O/c15-8-5-10(17)13(11(18)6-8)12(20)4-7-2-1-3-9(16)14(7)19/h1-3,5-6,12,20H,4H2. The fourth-order valence-corrected chi connectivity index (χ4v) is 2.29. The van der Waals surface area contributed by atoms with Crippen LogP contribution in [0.4, 0.5) is 17.6 Å². The molecule has 2 rings (SSSR count). The van der Waals surface area contributed by atoms with E-state index in [0.717, 1.165) is 18.2 Å². The summed E-state index contributed by atoms with van der Waals surface area (Å²) in [6.07, 6.45) is -2.04. The van der Waals surface area contributed by atoms with Gasteiger partial charge >= 0.3 is 0 Å². The van der Waals surface area contributed by atoms with Gasteiger partial charge in [-0.15, -0.1) is 0 Å². The number of hydrogen-bond donors (Lipinski definition) is 1. The summed E-state index contributed by atoms with van der Waals surface area (Å²) in [5.74, 6) is -4.13. The van der Waals surface area contributed by atoms with Crippen LogP contribution in [0, 0.1) is 23.3 Å². The van der Waals surface area contributed by atoms with Gasteiger partial charge in [0.05, 0.1) is 11.7 Å². The zero-order valence-corrected chi connectivity index (χ0v) is 11.6. The van der Waals surface area contributed by atoms with E-state index in [1.165, 1.54) is 12.1 Å². The Morgan fingerprint density at radius 1 is 1.00 bits per heavy atom. The number of aliphatic hydroxyl groups excluding tert-OH is 1. The van der Waals surface area contributed by atoms with Crippen molar-refractivity contribution >= 4 is 15.9 Å². The smallest absolute Gasteiger partial charge is 0.162 e. The average Bonchev–Trinajstić information content (AvgIpc) is 2.33. The van der Waals surface area contributed by atoms with Gasteiger partial charge in [0.2, 0.25) is 0 Å². The van der Waals surface area contributed by atoms with Crippen LogP contribution in [0.25, 0.3) is 0 Å². The third-order valence-corrected chi connectivity index (χ3v) is 3.28. The van der Waals surface area contributed by atoms with Crippen LogP contribution >= 0.6 is 15.9 Å². The molecule has 2 aromatic carbocycles. The van der Waals surface area contributed by atoms with Crippen LogP contribution in [-0.2, 0) is 6.42 Å². The summed E-state index contributed by atoms with van der Waals surface area (Å²) in [4.78, 5) is 0. The highest BCUT2D eigenvalue weighted by atomic mass is 79.9. The van der Waals surface area contributed by atoms with Crippen molar-refractivity contribution < 1.29 is 22.7 Å². The largest absolute Gasteiger partial charge is 0.388 e. The summed E-state index contributed by atoms with van der Waals surface area (Å²) in [6, 6.07) is 5.41. The Balaban J connectivity index is 2.33. The van der Waals surface area contributed by atoms with Gasteiger partial charge < -0.3 is 5.11 Å². The molecule has 0 spiro atoms. The lowest BCUT2D eigenvalue weighted by Crippen LogP contribution is -2.09. The van der Waals surface area contributed by atoms with Crippen molar-refractivity contribution in [3.8, 4) is 0 Å². The van der Waals surface area contributed by atoms with Gasteiger partial charge in [0.1, 0.15) is 11.6 Å². The zero-order chi connectivity index (χ0) is 14.9. The fourth-order valence-electron chi connectivity index (χ4n) is 1.89. The third-order valence-electron chi connectivity index (χ3n) is 2.82. The van der Waals surface area contributed by atoms with Gasteiger partial charge in [-0.2, -0.15) is 0 Å². The van der Waals surface area contributed by atoms with Crippen molar-refractivity contribution in [2.45, 2.75) is 12.5 Å². The molecule has 1 N–H and O–H groups in total. The molecule has 0 fully saturated rings. The first-order valence-electron chi connectivity index (χ1n) is 5.65. The van der Waals surface area contributed by atoms with Crippen LogP contribution in [-0.4, -0.2) is 5.11 Å². The summed E-state index contributed by atoms with van der Waals surface area (Å²) < 4.78 is 54.0. The van der Waals surface area contributed by atoms with Crippen molar-refractivity contribution in [3.63, 3.8) is 0 Å². The lowest BCUT2D eigenvalue weighted by molar-refractivity contribution is 0.167. The Morgan fingerprint density at radius 3 is 2.20 bits per heavy atom. The van der Waals surface area contributed by atoms with Crippen LogP contribution in [0.3, 0.4) is 0 Å². The lowest BCUT2D eigenvalue weighted by atomic mass is 10.00. The predicted molar refractivity (Wildman–Crippen MR) is 69.1 cm³/mol. The Morgan fingerprint density at radius 2 is 1.60 bits per heavy atom. The number of halogens is 5. The van der Waals surface area contributed by atoms with Crippen LogP contribution in [0.15, 0.2) is 34.8 Å². The highest BCUT2D eigenvalue weighted by Crippen LogP contribution is 2.28. The Hall–Kier alpha value is -1.40. The molecule has 0 saturated carbocycles. The Kier molecular flexibility index (Phi) is 4.45. The molecule has 1 unspecified atom stereocenters. The summed E-state index contributed by atoms with van der Waals surface area (Å²) >= 11 is 2.91. The number of rotatable bonds is 3. The second-order valence-electron chi connectivity index (χ2n) is 4.22. The van der Waals surface area contributed by atoms with E-state index >= 15 is 0 Å². The zero-order valence-electron chi connectivity index (χ0n) is 10.0. The molecule has 0 heterocycles.